The third kappa shape index (κ3) is 3.23. The Morgan fingerprint density at radius 2 is 1.74 bits per heavy atom. The fourth-order valence-corrected chi connectivity index (χ4v) is 2.54. The molecule has 23 heavy (non-hydrogen) atoms. The number of phenols is 1. The van der Waals surface area contributed by atoms with Crippen molar-refractivity contribution in [2.75, 3.05) is 0 Å². The summed E-state index contributed by atoms with van der Waals surface area (Å²) in [6.07, 6.45) is 0. The number of aryl methyl sites for hydroxylation is 1. The second-order valence-electron chi connectivity index (χ2n) is 5.12. The molecule has 6 heteroatoms. The molecule has 0 aliphatic rings. The van der Waals surface area contributed by atoms with Crippen molar-refractivity contribution in [3.63, 3.8) is 0 Å². The summed E-state index contributed by atoms with van der Waals surface area (Å²) >= 11 is 12.0. The van der Waals surface area contributed by atoms with Crippen LogP contribution in [0.25, 0.3) is 22.5 Å². The maximum Gasteiger partial charge on any atom is 0.345 e. The van der Waals surface area contributed by atoms with Crippen molar-refractivity contribution in [3.05, 3.63) is 68.6 Å². The van der Waals surface area contributed by atoms with Gasteiger partial charge in [-0.2, -0.15) is 4.98 Å². The normalized spacial score (nSPS) is 10.7. The Bertz CT molecular complexity index is 879. The number of hydrogen-bond acceptors (Lipinski definition) is 3. The topological polar surface area (TPSA) is 66.0 Å². The van der Waals surface area contributed by atoms with Crippen molar-refractivity contribution in [1.29, 1.82) is 0 Å². The molecule has 0 spiro atoms. The van der Waals surface area contributed by atoms with Gasteiger partial charge in [-0.1, -0.05) is 29.3 Å². The molecule has 0 atom stereocenters. The van der Waals surface area contributed by atoms with Crippen LogP contribution in [0.4, 0.5) is 0 Å². The fourth-order valence-electron chi connectivity index (χ4n) is 2.24. The summed E-state index contributed by atoms with van der Waals surface area (Å²) in [6, 6.07) is 11.9. The lowest BCUT2D eigenvalue weighted by Gasteiger charge is -2.07. The minimum absolute atomic E-state index is 0.197. The van der Waals surface area contributed by atoms with Crippen LogP contribution in [0.15, 0.2) is 47.3 Å². The lowest BCUT2D eigenvalue weighted by Crippen LogP contribution is -2.12. The van der Waals surface area contributed by atoms with E-state index in [2.05, 4.69) is 9.97 Å². The van der Waals surface area contributed by atoms with Crippen LogP contribution in [0.5, 0.6) is 5.75 Å². The lowest BCUT2D eigenvalue weighted by molar-refractivity contribution is 0.471. The van der Waals surface area contributed by atoms with Crippen LogP contribution in [0, 0.1) is 6.92 Å². The molecule has 0 saturated carbocycles. The Kier molecular flexibility index (Phi) is 4.11. The van der Waals surface area contributed by atoms with Crippen LogP contribution in [0.2, 0.25) is 10.0 Å². The van der Waals surface area contributed by atoms with Gasteiger partial charge in [-0.3, -0.25) is 0 Å². The van der Waals surface area contributed by atoms with Gasteiger partial charge >= 0.3 is 5.69 Å². The number of halogens is 2. The van der Waals surface area contributed by atoms with Gasteiger partial charge in [0.2, 0.25) is 0 Å². The zero-order chi connectivity index (χ0) is 16.6. The number of aromatic amines is 1. The number of nitrogens with zero attached hydrogens (tertiary/aromatic N) is 1. The maximum atomic E-state index is 11.9. The van der Waals surface area contributed by atoms with E-state index in [0.29, 0.717) is 27.0 Å². The summed E-state index contributed by atoms with van der Waals surface area (Å²) in [6.45, 7) is 1.78. The van der Waals surface area contributed by atoms with Crippen molar-refractivity contribution < 1.29 is 5.11 Å². The van der Waals surface area contributed by atoms with Gasteiger partial charge in [0.25, 0.3) is 0 Å². The Morgan fingerprint density at radius 3 is 2.43 bits per heavy atom. The average molecular weight is 347 g/mol. The number of nitrogens with one attached hydrogen (secondary N) is 1. The van der Waals surface area contributed by atoms with E-state index in [0.717, 1.165) is 11.1 Å². The number of rotatable bonds is 2. The molecule has 3 aromatic rings. The first-order valence-electron chi connectivity index (χ1n) is 6.81. The third-order valence-corrected chi connectivity index (χ3v) is 4.21. The van der Waals surface area contributed by atoms with Crippen molar-refractivity contribution in [2.45, 2.75) is 6.92 Å². The molecule has 0 unspecified atom stereocenters. The second kappa shape index (κ2) is 6.07. The van der Waals surface area contributed by atoms with Crippen LogP contribution in [-0.2, 0) is 0 Å². The molecule has 0 aliphatic heterocycles. The van der Waals surface area contributed by atoms with Crippen LogP contribution in [0.3, 0.4) is 0 Å². The third-order valence-electron chi connectivity index (χ3n) is 3.47. The van der Waals surface area contributed by atoms with E-state index in [4.69, 9.17) is 23.2 Å². The van der Waals surface area contributed by atoms with Crippen LogP contribution >= 0.6 is 23.2 Å². The summed E-state index contributed by atoms with van der Waals surface area (Å²) in [5.41, 5.74) is 2.82. The maximum absolute atomic E-state index is 11.9. The number of aromatic nitrogens is 2. The number of aromatic hydroxyl groups is 1. The van der Waals surface area contributed by atoms with Crippen molar-refractivity contribution in [1.82, 2.24) is 9.97 Å². The molecule has 0 radical (unpaired) electrons. The molecule has 0 bridgehead atoms. The summed E-state index contributed by atoms with van der Waals surface area (Å²) in [5, 5.41) is 10.5. The van der Waals surface area contributed by atoms with Gasteiger partial charge in [0.15, 0.2) is 0 Å². The predicted octanol–water partition coefficient (Wildman–Crippen LogP) is 4.42. The first-order valence-corrected chi connectivity index (χ1v) is 7.56. The Labute approximate surface area is 142 Å². The average Bonchev–Trinajstić information content (AvgIpc) is 2.52. The highest BCUT2D eigenvalue weighted by Crippen LogP contribution is 2.29. The van der Waals surface area contributed by atoms with E-state index in [1.165, 1.54) is 0 Å². The van der Waals surface area contributed by atoms with E-state index in [1.54, 1.807) is 49.4 Å². The van der Waals surface area contributed by atoms with E-state index in [9.17, 15) is 9.90 Å². The molecule has 1 aromatic heterocycles. The summed E-state index contributed by atoms with van der Waals surface area (Å²) in [7, 11) is 0. The summed E-state index contributed by atoms with van der Waals surface area (Å²) in [5.74, 6) is 0.197. The monoisotopic (exact) mass is 346 g/mol. The van der Waals surface area contributed by atoms with Crippen molar-refractivity contribution >= 4 is 23.2 Å². The van der Waals surface area contributed by atoms with E-state index in [-0.39, 0.29) is 5.75 Å². The van der Waals surface area contributed by atoms with Gasteiger partial charge in [-0.05, 0) is 54.4 Å². The molecular formula is C17H12Cl2N2O2. The molecule has 0 aliphatic carbocycles. The number of H-pyrrole nitrogens is 1. The van der Waals surface area contributed by atoms with Gasteiger partial charge in [0.1, 0.15) is 5.75 Å². The molecule has 0 fully saturated rings. The smallest absolute Gasteiger partial charge is 0.345 e. The fraction of sp³-hybridized carbons (Fsp3) is 0.0588. The molecule has 2 N–H and O–H groups in total. The van der Waals surface area contributed by atoms with Gasteiger partial charge in [-0.25, -0.2) is 4.79 Å². The zero-order valence-electron chi connectivity index (χ0n) is 12.1. The van der Waals surface area contributed by atoms with Crippen molar-refractivity contribution in [3.8, 4) is 28.3 Å². The quantitative estimate of drug-likeness (QED) is 0.721. The largest absolute Gasteiger partial charge is 0.508 e. The highest BCUT2D eigenvalue weighted by atomic mass is 35.5. The summed E-state index contributed by atoms with van der Waals surface area (Å²) in [4.78, 5) is 18.6. The van der Waals surface area contributed by atoms with Gasteiger partial charge in [0, 0.05) is 5.56 Å². The van der Waals surface area contributed by atoms with E-state index < -0.39 is 5.69 Å². The molecule has 116 valence electrons. The first kappa shape index (κ1) is 15.6. The second-order valence-corrected chi connectivity index (χ2v) is 5.93. The van der Waals surface area contributed by atoms with Crippen LogP contribution in [0.1, 0.15) is 5.56 Å². The molecule has 0 amide bonds. The molecule has 2 aromatic carbocycles. The molecular weight excluding hydrogens is 335 g/mol. The highest BCUT2D eigenvalue weighted by Gasteiger charge is 2.08. The van der Waals surface area contributed by atoms with Gasteiger partial charge in [-0.15, -0.1) is 0 Å². The van der Waals surface area contributed by atoms with Gasteiger partial charge in [0.05, 0.1) is 21.4 Å². The predicted molar refractivity (Wildman–Crippen MR) is 92.2 cm³/mol. The van der Waals surface area contributed by atoms with Crippen LogP contribution < -0.4 is 5.69 Å². The standard InChI is InChI=1S/C17H12Cl2N2O2/c1-9-6-10(3-5-16(9)22)14-8-15(21-17(23)20-14)11-2-4-12(18)13(19)7-11/h2-8,22H,1H3,(H,20,21,23). The molecule has 4 nitrogen and oxygen atoms in total. The number of phenolic OH excluding ortho intramolecular Hbond substituents is 1. The zero-order valence-corrected chi connectivity index (χ0v) is 13.6. The highest BCUT2D eigenvalue weighted by molar-refractivity contribution is 6.42. The van der Waals surface area contributed by atoms with Crippen molar-refractivity contribution in [2.24, 2.45) is 0 Å². The SMILES string of the molecule is Cc1cc(-c2cc(-c3ccc(Cl)c(Cl)c3)[nH]c(=O)n2)ccc1O. The minimum Gasteiger partial charge on any atom is -0.508 e. The number of benzene rings is 2. The summed E-state index contributed by atoms with van der Waals surface area (Å²) < 4.78 is 0. The minimum atomic E-state index is -0.464. The van der Waals surface area contributed by atoms with E-state index >= 15 is 0 Å². The Hall–Kier alpha value is -2.30. The molecule has 0 saturated heterocycles. The first-order chi connectivity index (χ1) is 10.9. The molecule has 3 rings (SSSR count). The lowest BCUT2D eigenvalue weighted by atomic mass is 10.1. The molecule has 1 heterocycles. The number of hydrogen-bond donors (Lipinski definition) is 2. The van der Waals surface area contributed by atoms with Crippen LogP contribution in [-0.4, -0.2) is 15.1 Å². The Balaban J connectivity index is 2.13. The Morgan fingerprint density at radius 1 is 1.00 bits per heavy atom. The van der Waals surface area contributed by atoms with E-state index in [1.807, 2.05) is 0 Å². The van der Waals surface area contributed by atoms with Gasteiger partial charge < -0.3 is 10.1 Å².